The summed E-state index contributed by atoms with van der Waals surface area (Å²) in [6.45, 7) is 0.105. The molecule has 3 N–H and O–H groups in total. The fourth-order valence-electron chi connectivity index (χ4n) is 2.59. The zero-order valence-electron chi connectivity index (χ0n) is 14.5. The molecule has 0 aromatic heterocycles. The lowest BCUT2D eigenvalue weighted by molar-refractivity contribution is -0.384. The third kappa shape index (κ3) is 7.09. The topological polar surface area (TPSA) is 157 Å². The first-order valence-corrected chi connectivity index (χ1v) is 9.89. The number of hydrogen-bond acceptors (Lipinski definition) is 9. The molecule has 1 saturated heterocycles. The number of rotatable bonds is 8. The zero-order chi connectivity index (χ0) is 20.0. The van der Waals surface area contributed by atoms with E-state index in [2.05, 4.69) is 10.6 Å². The lowest BCUT2D eigenvalue weighted by Crippen LogP contribution is -2.43. The molecule has 0 radical (unpaired) electrons. The Kier molecular flexibility index (Phi) is 7.07. The van der Waals surface area contributed by atoms with E-state index < -0.39 is 39.4 Å². The van der Waals surface area contributed by atoms with Gasteiger partial charge in [-0.25, -0.2) is 4.79 Å². The number of nitro benzene ring substituents is 1. The van der Waals surface area contributed by atoms with Crippen LogP contribution in [0.1, 0.15) is 12.0 Å². The van der Waals surface area contributed by atoms with Gasteiger partial charge in [0.1, 0.15) is 6.61 Å². The molecule has 1 aliphatic heterocycles. The Bertz CT molecular complexity index is 768. The minimum Gasteiger partial charge on any atom is -0.445 e. The first kappa shape index (κ1) is 21.0. The number of nitrogens with zero attached hydrogens (tertiary/aromatic N) is 1. The number of alkyl carbamates (subject to hydrolysis) is 1. The molecule has 1 fully saturated rings. The number of ether oxygens (including phenoxy) is 1. The van der Waals surface area contributed by atoms with Crippen LogP contribution < -0.4 is 10.6 Å². The van der Waals surface area contributed by atoms with Gasteiger partial charge in [0.25, 0.3) is 15.8 Å². The molecule has 2 rings (SSSR count). The van der Waals surface area contributed by atoms with Gasteiger partial charge in [0, 0.05) is 31.3 Å². The third-order valence-corrected chi connectivity index (χ3v) is 4.49. The Labute approximate surface area is 155 Å². The Morgan fingerprint density at radius 1 is 1.44 bits per heavy atom. The van der Waals surface area contributed by atoms with Gasteiger partial charge in [-0.2, -0.15) is 8.42 Å². The second kappa shape index (κ2) is 9.08. The summed E-state index contributed by atoms with van der Waals surface area (Å²) in [5, 5.41) is 26.0. The van der Waals surface area contributed by atoms with E-state index in [4.69, 9.17) is 8.92 Å². The van der Waals surface area contributed by atoms with E-state index in [1.165, 1.54) is 24.3 Å². The first-order chi connectivity index (χ1) is 12.6. The van der Waals surface area contributed by atoms with E-state index in [9.17, 15) is 28.4 Å². The number of non-ortho nitro benzene ring substituents is 1. The van der Waals surface area contributed by atoms with Gasteiger partial charge in [-0.15, -0.1) is 0 Å². The second-order valence-electron chi connectivity index (χ2n) is 6.12. The molecule has 0 unspecified atom stereocenters. The minimum absolute atomic E-state index is 0.0615. The molecule has 0 spiro atoms. The third-order valence-electron chi connectivity index (χ3n) is 3.87. The highest BCUT2D eigenvalue weighted by atomic mass is 32.2. The lowest BCUT2D eigenvalue weighted by atomic mass is 10.1. The van der Waals surface area contributed by atoms with E-state index in [1.54, 1.807) is 0 Å². The summed E-state index contributed by atoms with van der Waals surface area (Å²) in [6, 6.07) is 5.14. The highest BCUT2D eigenvalue weighted by Crippen LogP contribution is 2.15. The van der Waals surface area contributed by atoms with E-state index in [0.717, 1.165) is 6.26 Å². The molecule has 1 heterocycles. The van der Waals surface area contributed by atoms with Crippen molar-refractivity contribution in [1.29, 1.82) is 0 Å². The molecule has 3 atom stereocenters. The molecule has 150 valence electrons. The summed E-state index contributed by atoms with van der Waals surface area (Å²) in [6.07, 6.45) is -1.03. The van der Waals surface area contributed by atoms with Crippen LogP contribution in [-0.2, 0) is 25.6 Å². The van der Waals surface area contributed by atoms with Crippen LogP contribution in [0.2, 0.25) is 0 Å². The van der Waals surface area contributed by atoms with Crippen LogP contribution in [0.4, 0.5) is 10.5 Å². The van der Waals surface area contributed by atoms with Crippen molar-refractivity contribution in [1.82, 2.24) is 10.6 Å². The van der Waals surface area contributed by atoms with Crippen LogP contribution in [0.5, 0.6) is 0 Å². The maximum atomic E-state index is 11.7. The maximum Gasteiger partial charge on any atom is 0.407 e. The summed E-state index contributed by atoms with van der Waals surface area (Å²) < 4.78 is 32.0. The van der Waals surface area contributed by atoms with Crippen molar-refractivity contribution in [3.05, 3.63) is 39.9 Å². The van der Waals surface area contributed by atoms with Crippen molar-refractivity contribution in [3.8, 4) is 0 Å². The van der Waals surface area contributed by atoms with Crippen LogP contribution in [-0.4, -0.2) is 62.1 Å². The van der Waals surface area contributed by atoms with E-state index >= 15 is 0 Å². The molecule has 1 aliphatic rings. The zero-order valence-corrected chi connectivity index (χ0v) is 15.3. The molecule has 12 heteroatoms. The smallest absolute Gasteiger partial charge is 0.407 e. The summed E-state index contributed by atoms with van der Waals surface area (Å²) >= 11 is 0. The highest BCUT2D eigenvalue weighted by Gasteiger charge is 2.32. The Hall–Kier alpha value is -2.28. The van der Waals surface area contributed by atoms with Gasteiger partial charge in [0.15, 0.2) is 0 Å². The molecule has 11 nitrogen and oxygen atoms in total. The number of aliphatic hydroxyl groups is 1. The minimum atomic E-state index is -3.57. The van der Waals surface area contributed by atoms with Gasteiger partial charge in [-0.3, -0.25) is 14.3 Å². The first-order valence-electron chi connectivity index (χ1n) is 8.07. The lowest BCUT2D eigenvalue weighted by Gasteiger charge is -2.18. The fourth-order valence-corrected chi connectivity index (χ4v) is 3.23. The number of hydrogen-bond donors (Lipinski definition) is 3. The molecular formula is C15H21N3O8S. The largest absolute Gasteiger partial charge is 0.445 e. The number of carbonyl (C=O) groups excluding carboxylic acids is 1. The number of amides is 1. The predicted octanol–water partition coefficient (Wildman–Crippen LogP) is -0.111. The molecule has 1 amide bonds. The molecule has 0 bridgehead atoms. The summed E-state index contributed by atoms with van der Waals surface area (Å²) in [7, 11) is -3.57. The number of nitrogens with one attached hydrogen (secondary N) is 2. The van der Waals surface area contributed by atoms with Crippen molar-refractivity contribution < 1.29 is 32.2 Å². The molecule has 1 aromatic rings. The highest BCUT2D eigenvalue weighted by molar-refractivity contribution is 7.86. The standard InChI is InChI=1S/C15H21N3O8S/c1-27(23,24)26-12-6-13(16-7-12)14(19)8-17-15(20)25-9-10-2-4-11(5-3-10)18(21)22/h2-5,12-14,16,19H,6-9H2,1H3,(H,17,20)/t12-,13+,14-/m1/s1. The normalized spacial score (nSPS) is 20.8. The quantitative estimate of drug-likeness (QED) is 0.306. The predicted molar refractivity (Wildman–Crippen MR) is 93.4 cm³/mol. The van der Waals surface area contributed by atoms with Crippen LogP contribution >= 0.6 is 0 Å². The molecule has 1 aromatic carbocycles. The molecule has 0 saturated carbocycles. The summed E-state index contributed by atoms with van der Waals surface area (Å²) in [5.74, 6) is 0. The average molecular weight is 403 g/mol. The van der Waals surface area contributed by atoms with Crippen LogP contribution in [0.25, 0.3) is 0 Å². The van der Waals surface area contributed by atoms with Crippen molar-refractivity contribution in [3.63, 3.8) is 0 Å². The number of aliphatic hydroxyl groups excluding tert-OH is 1. The van der Waals surface area contributed by atoms with Gasteiger partial charge < -0.3 is 20.5 Å². The van der Waals surface area contributed by atoms with E-state index in [0.29, 0.717) is 5.56 Å². The van der Waals surface area contributed by atoms with E-state index in [1.807, 2.05) is 0 Å². The SMILES string of the molecule is CS(=O)(=O)O[C@H]1CN[C@H]([C@H](O)CNC(=O)OCc2ccc([N+](=O)[O-])cc2)C1. The van der Waals surface area contributed by atoms with Crippen molar-refractivity contribution >= 4 is 21.9 Å². The van der Waals surface area contributed by atoms with Gasteiger partial charge in [-0.05, 0) is 24.1 Å². The maximum absolute atomic E-state index is 11.7. The van der Waals surface area contributed by atoms with Crippen LogP contribution in [0.15, 0.2) is 24.3 Å². The summed E-state index contributed by atoms with van der Waals surface area (Å²) in [4.78, 5) is 21.7. The Morgan fingerprint density at radius 2 is 2.11 bits per heavy atom. The van der Waals surface area contributed by atoms with Gasteiger partial charge in [0.2, 0.25) is 0 Å². The van der Waals surface area contributed by atoms with Crippen molar-refractivity contribution in [2.75, 3.05) is 19.3 Å². The second-order valence-corrected chi connectivity index (χ2v) is 7.72. The van der Waals surface area contributed by atoms with Crippen molar-refractivity contribution in [2.45, 2.75) is 31.3 Å². The van der Waals surface area contributed by atoms with E-state index in [-0.39, 0.29) is 31.8 Å². The number of nitro groups is 1. The van der Waals surface area contributed by atoms with Gasteiger partial charge in [0.05, 0.1) is 23.4 Å². The molecule has 0 aliphatic carbocycles. The average Bonchev–Trinajstić information content (AvgIpc) is 3.04. The summed E-state index contributed by atoms with van der Waals surface area (Å²) in [5.41, 5.74) is 0.517. The Balaban J connectivity index is 1.70. The van der Waals surface area contributed by atoms with Crippen LogP contribution in [0.3, 0.4) is 0 Å². The Morgan fingerprint density at radius 3 is 2.70 bits per heavy atom. The van der Waals surface area contributed by atoms with Gasteiger partial charge >= 0.3 is 6.09 Å². The number of benzene rings is 1. The van der Waals surface area contributed by atoms with Crippen molar-refractivity contribution in [2.24, 2.45) is 0 Å². The monoisotopic (exact) mass is 403 g/mol. The molecule has 27 heavy (non-hydrogen) atoms. The fraction of sp³-hybridized carbons (Fsp3) is 0.533. The van der Waals surface area contributed by atoms with Gasteiger partial charge in [-0.1, -0.05) is 0 Å². The van der Waals surface area contributed by atoms with Crippen LogP contribution in [0, 0.1) is 10.1 Å². The molecular weight excluding hydrogens is 382 g/mol. The number of carbonyl (C=O) groups is 1.